The molecule has 4 heteroatoms. The first-order valence-corrected chi connectivity index (χ1v) is 5.85. The van der Waals surface area contributed by atoms with E-state index in [1.807, 2.05) is 0 Å². The minimum atomic E-state index is -3.40. The van der Waals surface area contributed by atoms with Crippen LogP contribution in [0.2, 0.25) is 0 Å². The van der Waals surface area contributed by atoms with Crippen molar-refractivity contribution in [2.24, 2.45) is 5.92 Å². The van der Waals surface area contributed by atoms with Crippen LogP contribution in [0.1, 0.15) is 52.9 Å². The van der Waals surface area contributed by atoms with Crippen LogP contribution in [0.4, 0.5) is 8.78 Å². The number of esters is 1. The number of hydrogen-bond acceptors (Lipinski definition) is 2. The molecular weight excluding hydrogens is 214 g/mol. The molecule has 1 saturated carbocycles. The Morgan fingerprint density at radius 3 is 2.06 bits per heavy atom. The van der Waals surface area contributed by atoms with Gasteiger partial charge in [-0.3, -0.25) is 0 Å². The van der Waals surface area contributed by atoms with Gasteiger partial charge in [0.1, 0.15) is 5.60 Å². The highest BCUT2D eigenvalue weighted by Gasteiger charge is 2.41. The Balaban J connectivity index is 2.59. The average molecular weight is 234 g/mol. The van der Waals surface area contributed by atoms with E-state index in [0.717, 1.165) is 25.7 Å². The van der Waals surface area contributed by atoms with E-state index in [2.05, 4.69) is 0 Å². The van der Waals surface area contributed by atoms with Crippen LogP contribution in [0.5, 0.6) is 0 Å². The van der Waals surface area contributed by atoms with Crippen molar-refractivity contribution in [1.29, 1.82) is 0 Å². The van der Waals surface area contributed by atoms with Gasteiger partial charge < -0.3 is 4.74 Å². The van der Waals surface area contributed by atoms with Crippen molar-refractivity contribution < 1.29 is 18.3 Å². The lowest BCUT2D eigenvalue weighted by Crippen LogP contribution is -2.42. The lowest BCUT2D eigenvalue weighted by molar-refractivity contribution is -0.188. The van der Waals surface area contributed by atoms with Crippen molar-refractivity contribution in [1.82, 2.24) is 0 Å². The monoisotopic (exact) mass is 234 g/mol. The fourth-order valence-electron chi connectivity index (χ4n) is 2.21. The summed E-state index contributed by atoms with van der Waals surface area (Å²) < 4.78 is 30.4. The van der Waals surface area contributed by atoms with E-state index in [1.54, 1.807) is 13.8 Å². The minimum Gasteiger partial charge on any atom is -0.455 e. The summed E-state index contributed by atoms with van der Waals surface area (Å²) in [7, 11) is 0. The number of carbonyl (C=O) groups excluding carboxylic acids is 1. The van der Waals surface area contributed by atoms with Gasteiger partial charge in [-0.1, -0.05) is 19.3 Å². The molecule has 0 spiro atoms. The Hall–Kier alpha value is -0.670. The van der Waals surface area contributed by atoms with Crippen LogP contribution < -0.4 is 0 Å². The number of alkyl halides is 2. The normalized spacial score (nSPS) is 19.6. The topological polar surface area (TPSA) is 26.3 Å². The molecule has 0 atom stereocenters. The van der Waals surface area contributed by atoms with Gasteiger partial charge in [-0.05, 0) is 32.6 Å². The van der Waals surface area contributed by atoms with Crippen LogP contribution in [0.25, 0.3) is 0 Å². The lowest BCUT2D eigenvalue weighted by Gasteiger charge is -2.36. The number of carbonyl (C=O) groups is 1. The van der Waals surface area contributed by atoms with E-state index in [1.165, 1.54) is 6.42 Å². The van der Waals surface area contributed by atoms with Crippen LogP contribution in [0, 0.1) is 5.92 Å². The minimum absolute atomic E-state index is 0.201. The molecule has 0 aromatic rings. The van der Waals surface area contributed by atoms with Gasteiger partial charge in [0.05, 0.1) is 0 Å². The maximum absolute atomic E-state index is 12.7. The molecule has 0 saturated heterocycles. The summed E-state index contributed by atoms with van der Waals surface area (Å²) in [5, 5.41) is 0. The zero-order valence-electron chi connectivity index (χ0n) is 10.2. The highest BCUT2D eigenvalue weighted by molar-refractivity contribution is 5.77. The van der Waals surface area contributed by atoms with Gasteiger partial charge in [0.15, 0.2) is 0 Å². The Kier molecular flexibility index (Phi) is 3.92. The first kappa shape index (κ1) is 13.4. The van der Waals surface area contributed by atoms with Crippen molar-refractivity contribution in [3.05, 3.63) is 0 Å². The molecule has 0 bridgehead atoms. The summed E-state index contributed by atoms with van der Waals surface area (Å²) in [6.45, 7) is 4.03. The van der Waals surface area contributed by atoms with E-state index in [9.17, 15) is 13.6 Å². The molecular formula is C12H20F2O2. The predicted molar refractivity (Wildman–Crippen MR) is 57.4 cm³/mol. The van der Waals surface area contributed by atoms with Gasteiger partial charge in [0.25, 0.3) is 0 Å². The summed E-state index contributed by atoms with van der Waals surface area (Å²) in [5.41, 5.74) is -0.781. The molecule has 0 aliphatic heterocycles. The largest absolute Gasteiger partial charge is 0.455 e. The van der Waals surface area contributed by atoms with Crippen molar-refractivity contribution in [3.8, 4) is 0 Å². The molecule has 0 aromatic heterocycles. The van der Waals surface area contributed by atoms with E-state index >= 15 is 0 Å². The number of hydrogen-bond donors (Lipinski definition) is 0. The second-order valence-electron chi connectivity index (χ2n) is 5.22. The number of ether oxygens (including phenoxy) is 1. The summed E-state index contributed by atoms with van der Waals surface area (Å²) in [6.07, 6.45) is 5.28. The zero-order chi connectivity index (χ0) is 12.4. The molecule has 1 aliphatic rings. The number of rotatable bonds is 3. The van der Waals surface area contributed by atoms with Crippen molar-refractivity contribution in [2.45, 2.75) is 64.4 Å². The van der Waals surface area contributed by atoms with Gasteiger partial charge in [0.2, 0.25) is 0 Å². The van der Waals surface area contributed by atoms with Crippen molar-refractivity contribution in [2.75, 3.05) is 0 Å². The molecule has 1 fully saturated rings. The Morgan fingerprint density at radius 2 is 1.62 bits per heavy atom. The number of halogens is 2. The molecule has 1 aliphatic carbocycles. The zero-order valence-corrected chi connectivity index (χ0v) is 10.2. The highest BCUT2D eigenvalue weighted by atomic mass is 19.3. The smallest absolute Gasteiger partial charge is 0.377 e. The molecule has 2 nitrogen and oxygen atoms in total. The van der Waals surface area contributed by atoms with Crippen molar-refractivity contribution in [3.63, 3.8) is 0 Å². The molecule has 0 unspecified atom stereocenters. The molecule has 16 heavy (non-hydrogen) atoms. The second kappa shape index (κ2) is 4.68. The maximum Gasteiger partial charge on any atom is 0.377 e. The van der Waals surface area contributed by atoms with Gasteiger partial charge >= 0.3 is 11.9 Å². The van der Waals surface area contributed by atoms with E-state index in [-0.39, 0.29) is 5.92 Å². The Morgan fingerprint density at radius 1 is 1.12 bits per heavy atom. The van der Waals surface area contributed by atoms with Gasteiger partial charge in [-0.25, -0.2) is 4.79 Å². The van der Waals surface area contributed by atoms with Gasteiger partial charge in [0, 0.05) is 6.92 Å². The van der Waals surface area contributed by atoms with Crippen LogP contribution in [-0.2, 0) is 9.53 Å². The SMILES string of the molecule is CC(F)(F)C(=O)OC(C)(C)C1CCCCC1. The third kappa shape index (κ3) is 3.42. The molecule has 0 amide bonds. The average Bonchev–Trinajstić information content (AvgIpc) is 2.17. The van der Waals surface area contributed by atoms with E-state index in [4.69, 9.17) is 4.74 Å². The summed E-state index contributed by atoms with van der Waals surface area (Å²) in [5.74, 6) is -4.61. The molecule has 94 valence electrons. The van der Waals surface area contributed by atoms with Crippen LogP contribution in [-0.4, -0.2) is 17.5 Å². The van der Waals surface area contributed by atoms with E-state index < -0.39 is 17.5 Å². The maximum atomic E-state index is 12.7. The summed E-state index contributed by atoms with van der Waals surface area (Å²) in [6, 6.07) is 0. The standard InChI is InChI=1S/C12H20F2O2/c1-11(2,9-7-5-4-6-8-9)16-10(15)12(3,13)14/h9H,4-8H2,1-3H3. The first-order valence-electron chi connectivity index (χ1n) is 5.85. The second-order valence-corrected chi connectivity index (χ2v) is 5.22. The third-order valence-corrected chi connectivity index (χ3v) is 3.30. The van der Waals surface area contributed by atoms with Gasteiger partial charge in [-0.2, -0.15) is 8.78 Å². The molecule has 0 aromatic carbocycles. The summed E-state index contributed by atoms with van der Waals surface area (Å²) in [4.78, 5) is 11.2. The predicted octanol–water partition coefficient (Wildman–Crippen LogP) is 3.54. The first-order chi connectivity index (χ1) is 7.23. The third-order valence-electron chi connectivity index (χ3n) is 3.30. The molecule has 0 heterocycles. The molecule has 0 N–H and O–H groups in total. The van der Waals surface area contributed by atoms with Gasteiger partial charge in [-0.15, -0.1) is 0 Å². The van der Waals surface area contributed by atoms with Crippen LogP contribution >= 0.6 is 0 Å². The lowest BCUT2D eigenvalue weighted by atomic mass is 9.79. The fourth-order valence-corrected chi connectivity index (χ4v) is 2.21. The van der Waals surface area contributed by atoms with Crippen LogP contribution in [0.15, 0.2) is 0 Å². The fraction of sp³-hybridized carbons (Fsp3) is 0.917. The molecule has 1 rings (SSSR count). The Bertz CT molecular complexity index is 250. The van der Waals surface area contributed by atoms with Crippen molar-refractivity contribution >= 4 is 5.97 Å². The Labute approximate surface area is 95.4 Å². The van der Waals surface area contributed by atoms with Crippen LogP contribution in [0.3, 0.4) is 0 Å². The molecule has 0 radical (unpaired) electrons. The highest BCUT2D eigenvalue weighted by Crippen LogP contribution is 2.35. The quantitative estimate of drug-likeness (QED) is 0.698. The van der Waals surface area contributed by atoms with E-state index in [0.29, 0.717) is 6.92 Å². The summed E-state index contributed by atoms with van der Waals surface area (Å²) >= 11 is 0.